The predicted molar refractivity (Wildman–Crippen MR) is 93.5 cm³/mol. The van der Waals surface area contributed by atoms with Crippen LogP contribution < -0.4 is 0 Å². The molecule has 0 aliphatic carbocycles. The Hall–Kier alpha value is -1.62. The normalized spacial score (nSPS) is 18.8. The topological polar surface area (TPSA) is 22.3 Å². The molecule has 0 saturated carbocycles. The molecule has 1 aliphatic heterocycles. The number of likely N-dealkylation sites (N-methyl/N-ethyl adjacent to an activating group) is 1. The molecule has 0 spiro atoms. The number of benzene rings is 1. The van der Waals surface area contributed by atoms with Crippen LogP contribution in [0.15, 0.2) is 48.0 Å². The minimum atomic E-state index is 0.366. The molecule has 4 heteroatoms. The molecule has 22 heavy (non-hydrogen) atoms. The Bertz CT molecular complexity index is 739. The fraction of sp³-hybridized carbons (Fsp3) is 0.333. The van der Waals surface area contributed by atoms with Gasteiger partial charge in [0, 0.05) is 48.2 Å². The highest BCUT2D eigenvalue weighted by molar-refractivity contribution is 7.10. The summed E-state index contributed by atoms with van der Waals surface area (Å²) in [6, 6.07) is 13.4. The third kappa shape index (κ3) is 2.47. The molecule has 0 amide bonds. The molecule has 3 heterocycles. The zero-order valence-electron chi connectivity index (χ0n) is 12.8. The zero-order valence-corrected chi connectivity index (χ0v) is 13.6. The number of thiophene rings is 1. The number of hydrogen-bond donors (Lipinski definition) is 1. The highest BCUT2D eigenvalue weighted by atomic mass is 32.1. The monoisotopic (exact) mass is 311 g/mol. The van der Waals surface area contributed by atoms with Gasteiger partial charge in [0.1, 0.15) is 0 Å². The second-order valence-corrected chi connectivity index (χ2v) is 7.03. The van der Waals surface area contributed by atoms with Gasteiger partial charge in [-0.15, -0.1) is 11.3 Å². The van der Waals surface area contributed by atoms with E-state index in [1.54, 1.807) is 0 Å². The molecule has 1 unspecified atom stereocenters. The third-order valence-corrected chi connectivity index (χ3v) is 5.56. The van der Waals surface area contributed by atoms with Crippen molar-refractivity contribution in [1.29, 1.82) is 0 Å². The van der Waals surface area contributed by atoms with Crippen molar-refractivity contribution in [3.8, 4) is 0 Å². The van der Waals surface area contributed by atoms with E-state index in [4.69, 9.17) is 0 Å². The predicted octanol–water partition coefficient (Wildman–Crippen LogP) is 3.57. The molecule has 114 valence electrons. The van der Waals surface area contributed by atoms with Gasteiger partial charge in [0.05, 0.1) is 6.04 Å². The second kappa shape index (κ2) is 5.88. The molecule has 2 aromatic heterocycles. The maximum absolute atomic E-state index is 3.45. The molecule has 3 aromatic rings. The zero-order chi connectivity index (χ0) is 14.9. The van der Waals surface area contributed by atoms with E-state index in [0.29, 0.717) is 6.04 Å². The lowest BCUT2D eigenvalue weighted by atomic mass is 10.0. The minimum absolute atomic E-state index is 0.366. The van der Waals surface area contributed by atoms with E-state index in [1.165, 1.54) is 21.3 Å². The molecule has 1 atom stereocenters. The van der Waals surface area contributed by atoms with Crippen molar-refractivity contribution in [2.24, 2.45) is 0 Å². The number of hydrogen-bond acceptors (Lipinski definition) is 3. The number of aromatic nitrogens is 1. The Morgan fingerprint density at radius 3 is 2.64 bits per heavy atom. The molecule has 3 nitrogen and oxygen atoms in total. The first-order valence-corrected chi connectivity index (χ1v) is 8.73. The second-order valence-electron chi connectivity index (χ2n) is 6.05. The number of para-hydroxylation sites is 1. The summed E-state index contributed by atoms with van der Waals surface area (Å²) in [6.45, 7) is 4.53. The van der Waals surface area contributed by atoms with Gasteiger partial charge >= 0.3 is 0 Å². The van der Waals surface area contributed by atoms with Crippen LogP contribution in [0.5, 0.6) is 0 Å². The lowest BCUT2D eigenvalue weighted by Gasteiger charge is -2.37. The summed E-state index contributed by atoms with van der Waals surface area (Å²) >= 11 is 1.86. The summed E-state index contributed by atoms with van der Waals surface area (Å²) in [5, 5.41) is 3.53. The number of nitrogens with one attached hydrogen (secondary N) is 1. The van der Waals surface area contributed by atoms with E-state index in [2.05, 4.69) is 69.8 Å². The van der Waals surface area contributed by atoms with E-state index in [0.717, 1.165) is 26.2 Å². The molecule has 0 bridgehead atoms. The van der Waals surface area contributed by atoms with E-state index < -0.39 is 0 Å². The van der Waals surface area contributed by atoms with Gasteiger partial charge in [0.2, 0.25) is 0 Å². The quantitative estimate of drug-likeness (QED) is 0.799. The largest absolute Gasteiger partial charge is 0.361 e. The molecule has 1 aromatic carbocycles. The van der Waals surface area contributed by atoms with Crippen molar-refractivity contribution in [1.82, 2.24) is 14.8 Å². The molecular weight excluding hydrogens is 290 g/mol. The van der Waals surface area contributed by atoms with Crippen LogP contribution in [0.2, 0.25) is 0 Å². The average molecular weight is 311 g/mol. The minimum Gasteiger partial charge on any atom is -0.361 e. The Kier molecular flexibility index (Phi) is 3.74. The average Bonchev–Trinajstić information content (AvgIpc) is 3.20. The fourth-order valence-electron chi connectivity index (χ4n) is 3.38. The van der Waals surface area contributed by atoms with Crippen LogP contribution in [0.25, 0.3) is 10.9 Å². The van der Waals surface area contributed by atoms with Crippen molar-refractivity contribution in [3.05, 3.63) is 58.4 Å². The van der Waals surface area contributed by atoms with Crippen molar-refractivity contribution in [2.75, 3.05) is 33.2 Å². The van der Waals surface area contributed by atoms with Gasteiger partial charge in [-0.3, -0.25) is 4.90 Å². The van der Waals surface area contributed by atoms with E-state index in [9.17, 15) is 0 Å². The van der Waals surface area contributed by atoms with Gasteiger partial charge in [-0.1, -0.05) is 24.3 Å². The summed E-state index contributed by atoms with van der Waals surface area (Å²) < 4.78 is 0. The highest BCUT2D eigenvalue weighted by Gasteiger charge is 2.27. The number of nitrogens with zero attached hydrogens (tertiary/aromatic N) is 2. The third-order valence-electron chi connectivity index (χ3n) is 4.63. The maximum atomic E-state index is 3.45. The van der Waals surface area contributed by atoms with Crippen LogP contribution in [0.3, 0.4) is 0 Å². The number of aromatic amines is 1. The van der Waals surface area contributed by atoms with Gasteiger partial charge in [-0.25, -0.2) is 0 Å². The summed E-state index contributed by atoms with van der Waals surface area (Å²) in [4.78, 5) is 9.93. The Morgan fingerprint density at radius 1 is 1.05 bits per heavy atom. The Labute approximate surface area is 135 Å². The standard InChI is InChI=1S/C18H21N3S/c1-20-8-10-21(11-9-20)18(17-7-4-12-22-17)15-13-19-16-6-3-2-5-14(15)16/h2-7,12-13,18-19H,8-11H2,1H3. The number of piperazine rings is 1. The van der Waals surface area contributed by atoms with Crippen LogP contribution >= 0.6 is 11.3 Å². The van der Waals surface area contributed by atoms with E-state index >= 15 is 0 Å². The number of fused-ring (bicyclic) bond motifs is 1. The van der Waals surface area contributed by atoms with E-state index in [1.807, 2.05) is 11.3 Å². The van der Waals surface area contributed by atoms with Gasteiger partial charge in [0.15, 0.2) is 0 Å². The van der Waals surface area contributed by atoms with Crippen molar-refractivity contribution in [2.45, 2.75) is 6.04 Å². The number of H-pyrrole nitrogens is 1. The molecule has 1 aliphatic rings. The van der Waals surface area contributed by atoms with Gasteiger partial charge in [-0.2, -0.15) is 0 Å². The van der Waals surface area contributed by atoms with Crippen LogP contribution in [0.4, 0.5) is 0 Å². The molecule has 0 radical (unpaired) electrons. The molecule has 1 fully saturated rings. The number of rotatable bonds is 3. The summed E-state index contributed by atoms with van der Waals surface area (Å²) in [5.74, 6) is 0. The lowest BCUT2D eigenvalue weighted by molar-refractivity contribution is 0.129. The Morgan fingerprint density at radius 2 is 1.86 bits per heavy atom. The van der Waals surface area contributed by atoms with Crippen LogP contribution in [0.1, 0.15) is 16.5 Å². The summed E-state index contributed by atoms with van der Waals surface area (Å²) in [7, 11) is 2.21. The van der Waals surface area contributed by atoms with Gasteiger partial charge in [-0.05, 0) is 30.1 Å². The SMILES string of the molecule is CN1CCN(C(c2cccs2)c2c[nH]c3ccccc23)CC1. The molecule has 4 rings (SSSR count). The van der Waals surface area contributed by atoms with Crippen LogP contribution in [-0.2, 0) is 0 Å². The molecular formula is C18H21N3S. The Balaban J connectivity index is 1.77. The maximum Gasteiger partial charge on any atom is 0.0717 e. The van der Waals surface area contributed by atoms with Crippen LogP contribution in [-0.4, -0.2) is 48.0 Å². The van der Waals surface area contributed by atoms with E-state index in [-0.39, 0.29) is 0 Å². The summed E-state index contributed by atoms with van der Waals surface area (Å²) in [6.07, 6.45) is 2.20. The highest BCUT2D eigenvalue weighted by Crippen LogP contribution is 2.36. The lowest BCUT2D eigenvalue weighted by Crippen LogP contribution is -2.46. The van der Waals surface area contributed by atoms with Crippen molar-refractivity contribution in [3.63, 3.8) is 0 Å². The van der Waals surface area contributed by atoms with Crippen LogP contribution in [0, 0.1) is 0 Å². The first-order chi connectivity index (χ1) is 10.8. The smallest absolute Gasteiger partial charge is 0.0717 e. The molecule has 1 N–H and O–H groups in total. The first kappa shape index (κ1) is 14.0. The fourth-order valence-corrected chi connectivity index (χ4v) is 4.25. The van der Waals surface area contributed by atoms with Crippen molar-refractivity contribution < 1.29 is 0 Å². The molecule has 1 saturated heterocycles. The van der Waals surface area contributed by atoms with Crippen molar-refractivity contribution >= 4 is 22.2 Å². The van der Waals surface area contributed by atoms with Gasteiger partial charge < -0.3 is 9.88 Å². The van der Waals surface area contributed by atoms with Gasteiger partial charge in [0.25, 0.3) is 0 Å². The first-order valence-electron chi connectivity index (χ1n) is 7.85. The summed E-state index contributed by atoms with van der Waals surface area (Å²) in [5.41, 5.74) is 2.63.